The summed E-state index contributed by atoms with van der Waals surface area (Å²) in [5, 5.41) is 10.1. The van der Waals surface area contributed by atoms with Crippen molar-refractivity contribution in [1.82, 2.24) is 14.5 Å². The molecule has 0 aliphatic heterocycles. The minimum Gasteiger partial charge on any atom is -0.507 e. The molecule has 102 valence electrons. The third kappa shape index (κ3) is 1.87. The second-order valence-electron chi connectivity index (χ2n) is 5.02. The Morgan fingerprint density at radius 1 is 1.25 bits per heavy atom. The molecule has 0 aliphatic carbocycles. The molecule has 0 atom stereocenters. The van der Waals surface area contributed by atoms with Gasteiger partial charge in [0.15, 0.2) is 5.65 Å². The van der Waals surface area contributed by atoms with Crippen molar-refractivity contribution in [3.05, 3.63) is 36.5 Å². The van der Waals surface area contributed by atoms with E-state index in [9.17, 15) is 5.11 Å². The number of imidazole rings is 1. The van der Waals surface area contributed by atoms with Crippen LogP contribution in [0, 0.1) is 0 Å². The molecule has 5 nitrogen and oxygen atoms in total. The number of nitrogens with two attached hydrogens (primary N) is 1. The molecule has 0 fully saturated rings. The number of nitrogens with zero attached hydrogens (tertiary/aromatic N) is 3. The quantitative estimate of drug-likeness (QED) is 0.700. The molecule has 20 heavy (non-hydrogen) atoms. The Kier molecular flexibility index (Phi) is 2.82. The highest BCUT2D eigenvalue weighted by Crippen LogP contribution is 2.33. The van der Waals surface area contributed by atoms with E-state index in [4.69, 9.17) is 5.73 Å². The molecule has 3 rings (SSSR count). The van der Waals surface area contributed by atoms with Crippen molar-refractivity contribution in [2.24, 2.45) is 0 Å². The first-order valence-corrected chi connectivity index (χ1v) is 6.49. The highest BCUT2D eigenvalue weighted by Gasteiger charge is 2.18. The minimum atomic E-state index is 0.127. The first-order chi connectivity index (χ1) is 9.58. The number of hydrogen-bond donors (Lipinski definition) is 2. The van der Waals surface area contributed by atoms with Crippen molar-refractivity contribution < 1.29 is 5.11 Å². The standard InChI is InChI=1S/C15H16N4O/c1-9(2)19-14(11-6-5-10(16)8-13(11)20)18-12-4-3-7-17-15(12)19/h3-9,20H,16H2,1-2H3. The first kappa shape index (κ1) is 12.5. The molecule has 3 aromatic rings. The summed E-state index contributed by atoms with van der Waals surface area (Å²) >= 11 is 0. The number of rotatable bonds is 2. The SMILES string of the molecule is CC(C)n1c(-c2ccc(N)cc2O)nc2cccnc21. The van der Waals surface area contributed by atoms with Crippen molar-refractivity contribution in [1.29, 1.82) is 0 Å². The van der Waals surface area contributed by atoms with Gasteiger partial charge in [0, 0.05) is 24.0 Å². The van der Waals surface area contributed by atoms with Gasteiger partial charge in [-0.25, -0.2) is 9.97 Å². The van der Waals surface area contributed by atoms with Gasteiger partial charge in [0.25, 0.3) is 0 Å². The number of hydrogen-bond acceptors (Lipinski definition) is 4. The van der Waals surface area contributed by atoms with E-state index in [1.54, 1.807) is 18.3 Å². The van der Waals surface area contributed by atoms with E-state index in [1.807, 2.05) is 16.7 Å². The van der Waals surface area contributed by atoms with Crippen LogP contribution < -0.4 is 5.73 Å². The van der Waals surface area contributed by atoms with E-state index in [-0.39, 0.29) is 11.8 Å². The number of pyridine rings is 1. The monoisotopic (exact) mass is 268 g/mol. The van der Waals surface area contributed by atoms with Crippen LogP contribution in [-0.4, -0.2) is 19.6 Å². The van der Waals surface area contributed by atoms with Crippen molar-refractivity contribution >= 4 is 16.9 Å². The summed E-state index contributed by atoms with van der Waals surface area (Å²) in [7, 11) is 0. The largest absolute Gasteiger partial charge is 0.507 e. The van der Waals surface area contributed by atoms with E-state index < -0.39 is 0 Å². The number of phenolic OH excluding ortho intramolecular Hbond substituents is 1. The van der Waals surface area contributed by atoms with Gasteiger partial charge in [0.05, 0.1) is 5.56 Å². The number of aromatic nitrogens is 3. The molecule has 2 heterocycles. The lowest BCUT2D eigenvalue weighted by molar-refractivity contribution is 0.476. The van der Waals surface area contributed by atoms with Gasteiger partial charge in [-0.3, -0.25) is 0 Å². The van der Waals surface area contributed by atoms with E-state index >= 15 is 0 Å². The summed E-state index contributed by atoms with van der Waals surface area (Å²) in [4.78, 5) is 8.98. The first-order valence-electron chi connectivity index (χ1n) is 6.49. The van der Waals surface area contributed by atoms with Crippen molar-refractivity contribution in [3.63, 3.8) is 0 Å². The Morgan fingerprint density at radius 3 is 2.75 bits per heavy atom. The zero-order valence-corrected chi connectivity index (χ0v) is 11.4. The zero-order chi connectivity index (χ0) is 14.3. The van der Waals surface area contributed by atoms with Crippen molar-refractivity contribution in [2.45, 2.75) is 19.9 Å². The molecule has 0 amide bonds. The summed E-state index contributed by atoms with van der Waals surface area (Å²) < 4.78 is 2.01. The average molecular weight is 268 g/mol. The van der Waals surface area contributed by atoms with Gasteiger partial charge in [0.2, 0.25) is 0 Å². The number of phenols is 1. The van der Waals surface area contributed by atoms with Gasteiger partial charge >= 0.3 is 0 Å². The lowest BCUT2D eigenvalue weighted by Gasteiger charge is -2.13. The summed E-state index contributed by atoms with van der Waals surface area (Å²) in [6, 6.07) is 9.03. The maximum Gasteiger partial charge on any atom is 0.160 e. The fourth-order valence-corrected chi connectivity index (χ4v) is 2.35. The summed E-state index contributed by atoms with van der Waals surface area (Å²) in [6.45, 7) is 4.13. The normalized spacial score (nSPS) is 11.3. The Hall–Kier alpha value is -2.56. The van der Waals surface area contributed by atoms with Gasteiger partial charge in [-0.2, -0.15) is 0 Å². The maximum absolute atomic E-state index is 10.1. The Balaban J connectivity index is 2.32. The van der Waals surface area contributed by atoms with Crippen LogP contribution >= 0.6 is 0 Å². The summed E-state index contributed by atoms with van der Waals surface area (Å²) in [5.74, 6) is 0.827. The van der Waals surface area contributed by atoms with Gasteiger partial charge in [-0.05, 0) is 38.1 Å². The van der Waals surface area contributed by atoms with Crippen LogP contribution in [0.3, 0.4) is 0 Å². The Labute approximate surface area is 116 Å². The molecule has 2 aromatic heterocycles. The number of nitrogen functional groups attached to an aromatic ring is 1. The fraction of sp³-hybridized carbons (Fsp3) is 0.200. The molecule has 0 radical (unpaired) electrons. The average Bonchev–Trinajstić information content (AvgIpc) is 2.77. The molecular weight excluding hydrogens is 252 g/mol. The molecular formula is C15H16N4O. The van der Waals surface area contributed by atoms with Gasteiger partial charge < -0.3 is 15.4 Å². The number of anilines is 1. The molecule has 1 aromatic carbocycles. The van der Waals surface area contributed by atoms with E-state index in [1.165, 1.54) is 6.07 Å². The summed E-state index contributed by atoms with van der Waals surface area (Å²) in [5.41, 5.74) is 8.49. The van der Waals surface area contributed by atoms with Crippen LogP contribution in [0.25, 0.3) is 22.6 Å². The third-order valence-electron chi connectivity index (χ3n) is 3.23. The van der Waals surface area contributed by atoms with Gasteiger partial charge in [-0.15, -0.1) is 0 Å². The smallest absolute Gasteiger partial charge is 0.160 e. The number of fused-ring (bicyclic) bond motifs is 1. The third-order valence-corrected chi connectivity index (χ3v) is 3.23. The van der Waals surface area contributed by atoms with Crippen LogP contribution in [0.15, 0.2) is 36.5 Å². The molecule has 0 unspecified atom stereocenters. The molecule has 0 aliphatic rings. The van der Waals surface area contributed by atoms with Gasteiger partial charge in [0.1, 0.15) is 17.1 Å². The number of aromatic hydroxyl groups is 1. The number of benzene rings is 1. The maximum atomic E-state index is 10.1. The van der Waals surface area contributed by atoms with Crippen LogP contribution in [0.5, 0.6) is 5.75 Å². The predicted molar refractivity (Wildman–Crippen MR) is 79.4 cm³/mol. The second-order valence-corrected chi connectivity index (χ2v) is 5.02. The minimum absolute atomic E-state index is 0.127. The molecule has 0 spiro atoms. The highest BCUT2D eigenvalue weighted by atomic mass is 16.3. The lowest BCUT2D eigenvalue weighted by Crippen LogP contribution is -2.04. The Bertz CT molecular complexity index is 777. The summed E-state index contributed by atoms with van der Waals surface area (Å²) in [6.07, 6.45) is 1.75. The molecule has 3 N–H and O–H groups in total. The molecule has 0 saturated heterocycles. The second kappa shape index (κ2) is 4.52. The van der Waals surface area contributed by atoms with Crippen molar-refractivity contribution in [2.75, 3.05) is 5.73 Å². The predicted octanol–water partition coefficient (Wildman–Crippen LogP) is 2.97. The highest BCUT2D eigenvalue weighted by molar-refractivity contribution is 5.79. The van der Waals surface area contributed by atoms with Crippen molar-refractivity contribution in [3.8, 4) is 17.1 Å². The van der Waals surface area contributed by atoms with Crippen LogP contribution in [0.2, 0.25) is 0 Å². The van der Waals surface area contributed by atoms with E-state index in [0.29, 0.717) is 17.1 Å². The fourth-order valence-electron chi connectivity index (χ4n) is 2.35. The van der Waals surface area contributed by atoms with Crippen LogP contribution in [0.1, 0.15) is 19.9 Å². The van der Waals surface area contributed by atoms with E-state index in [0.717, 1.165) is 11.2 Å². The van der Waals surface area contributed by atoms with Gasteiger partial charge in [-0.1, -0.05) is 0 Å². The molecule has 5 heteroatoms. The van der Waals surface area contributed by atoms with E-state index in [2.05, 4.69) is 23.8 Å². The molecule has 0 saturated carbocycles. The topological polar surface area (TPSA) is 77.0 Å². The van der Waals surface area contributed by atoms with Crippen LogP contribution in [-0.2, 0) is 0 Å². The van der Waals surface area contributed by atoms with Crippen LogP contribution in [0.4, 0.5) is 5.69 Å². The lowest BCUT2D eigenvalue weighted by atomic mass is 10.1. The zero-order valence-electron chi connectivity index (χ0n) is 11.4. The Morgan fingerprint density at radius 2 is 2.05 bits per heavy atom. The molecule has 0 bridgehead atoms.